The number of morpholine rings is 1. The first kappa shape index (κ1) is 20.8. The van der Waals surface area contributed by atoms with Crippen molar-refractivity contribution in [2.45, 2.75) is 37.2 Å². The summed E-state index contributed by atoms with van der Waals surface area (Å²) in [6.45, 7) is 4.29. The third kappa shape index (κ3) is 4.71. The number of carbonyl (C=O) groups is 2. The predicted molar refractivity (Wildman–Crippen MR) is 101 cm³/mol. The Kier molecular flexibility index (Phi) is 6.69. The summed E-state index contributed by atoms with van der Waals surface area (Å²) >= 11 is 0. The van der Waals surface area contributed by atoms with Crippen LogP contribution in [0.5, 0.6) is 0 Å². The van der Waals surface area contributed by atoms with E-state index in [4.69, 9.17) is 9.47 Å². The first-order chi connectivity index (χ1) is 13.4. The summed E-state index contributed by atoms with van der Waals surface area (Å²) in [5, 5.41) is 0. The van der Waals surface area contributed by atoms with E-state index in [2.05, 4.69) is 0 Å². The van der Waals surface area contributed by atoms with Crippen LogP contribution in [0.15, 0.2) is 29.2 Å². The Bertz CT molecular complexity index is 796. The number of nitrogens with zero attached hydrogens (tertiary/aromatic N) is 2. The van der Waals surface area contributed by atoms with E-state index >= 15 is 0 Å². The number of likely N-dealkylation sites (tertiary alicyclic amines) is 1. The lowest BCUT2D eigenvalue weighted by molar-refractivity contribution is -0.140. The molecule has 0 unspecified atom stereocenters. The van der Waals surface area contributed by atoms with E-state index in [1.807, 2.05) is 0 Å². The Labute approximate surface area is 165 Å². The monoisotopic (exact) mass is 410 g/mol. The molecule has 2 aliphatic heterocycles. The summed E-state index contributed by atoms with van der Waals surface area (Å²) < 4.78 is 37.1. The highest BCUT2D eigenvalue weighted by molar-refractivity contribution is 7.89. The molecular formula is C19H26N2O6S. The summed E-state index contributed by atoms with van der Waals surface area (Å²) in [6, 6.07) is 5.60. The van der Waals surface area contributed by atoms with Crippen LogP contribution in [0, 0.1) is 0 Å². The van der Waals surface area contributed by atoms with Gasteiger partial charge in [-0.2, -0.15) is 4.31 Å². The highest BCUT2D eigenvalue weighted by atomic mass is 32.2. The molecule has 9 heteroatoms. The molecule has 0 bridgehead atoms. The Hall–Kier alpha value is -1.97. The van der Waals surface area contributed by atoms with Crippen LogP contribution < -0.4 is 0 Å². The molecule has 2 fully saturated rings. The van der Waals surface area contributed by atoms with Gasteiger partial charge in [-0.1, -0.05) is 0 Å². The minimum absolute atomic E-state index is 0.114. The largest absolute Gasteiger partial charge is 0.449 e. The zero-order valence-corrected chi connectivity index (χ0v) is 16.8. The fourth-order valence-corrected chi connectivity index (χ4v) is 4.76. The number of hydrogen-bond acceptors (Lipinski definition) is 6. The quantitative estimate of drug-likeness (QED) is 0.679. The van der Waals surface area contributed by atoms with Crippen LogP contribution in [-0.2, 0) is 24.3 Å². The maximum Gasteiger partial charge on any atom is 0.338 e. The second-order valence-electron chi connectivity index (χ2n) is 6.97. The van der Waals surface area contributed by atoms with Crippen molar-refractivity contribution in [2.24, 2.45) is 0 Å². The third-order valence-electron chi connectivity index (χ3n) is 5.00. The number of rotatable bonds is 5. The Morgan fingerprint density at radius 2 is 1.61 bits per heavy atom. The Balaban J connectivity index is 1.62. The van der Waals surface area contributed by atoms with Gasteiger partial charge in [0.15, 0.2) is 6.10 Å². The van der Waals surface area contributed by atoms with Crippen molar-refractivity contribution < 1.29 is 27.5 Å². The molecule has 2 saturated heterocycles. The SMILES string of the molecule is C[C@H](OC(=O)c1ccc(S(=O)(=O)N2CCOCC2)cc1)C(=O)N1CCCCC1. The lowest BCUT2D eigenvalue weighted by atomic mass is 10.1. The molecule has 1 atom stereocenters. The highest BCUT2D eigenvalue weighted by Crippen LogP contribution is 2.19. The summed E-state index contributed by atoms with van der Waals surface area (Å²) in [4.78, 5) is 26.6. The summed E-state index contributed by atoms with van der Waals surface area (Å²) in [5.74, 6) is -0.840. The molecule has 0 saturated carbocycles. The topological polar surface area (TPSA) is 93.2 Å². The molecule has 3 rings (SSSR count). The number of benzene rings is 1. The van der Waals surface area contributed by atoms with Gasteiger partial charge in [-0.05, 0) is 50.5 Å². The van der Waals surface area contributed by atoms with Crippen LogP contribution in [0.1, 0.15) is 36.5 Å². The van der Waals surface area contributed by atoms with Gasteiger partial charge in [-0.25, -0.2) is 13.2 Å². The average Bonchev–Trinajstić information content (AvgIpc) is 2.74. The van der Waals surface area contributed by atoms with E-state index < -0.39 is 22.1 Å². The van der Waals surface area contributed by atoms with Crippen molar-refractivity contribution in [2.75, 3.05) is 39.4 Å². The van der Waals surface area contributed by atoms with Crippen LogP contribution >= 0.6 is 0 Å². The van der Waals surface area contributed by atoms with E-state index in [1.54, 1.807) is 11.8 Å². The second kappa shape index (κ2) is 9.02. The second-order valence-corrected chi connectivity index (χ2v) is 8.91. The smallest absolute Gasteiger partial charge is 0.338 e. The molecule has 1 amide bonds. The zero-order valence-electron chi connectivity index (χ0n) is 16.0. The average molecular weight is 410 g/mol. The van der Waals surface area contributed by atoms with Crippen molar-refractivity contribution >= 4 is 21.9 Å². The number of hydrogen-bond donors (Lipinski definition) is 0. The molecule has 0 radical (unpaired) electrons. The summed E-state index contributed by atoms with van der Waals surface area (Å²) in [5.41, 5.74) is 0.208. The molecule has 2 aliphatic rings. The van der Waals surface area contributed by atoms with Gasteiger partial charge in [-0.15, -0.1) is 0 Å². The van der Waals surface area contributed by atoms with Gasteiger partial charge in [0.2, 0.25) is 10.0 Å². The predicted octanol–water partition coefficient (Wildman–Crippen LogP) is 1.27. The lowest BCUT2D eigenvalue weighted by Crippen LogP contribution is -2.42. The van der Waals surface area contributed by atoms with E-state index in [0.717, 1.165) is 19.3 Å². The minimum atomic E-state index is -3.62. The molecule has 8 nitrogen and oxygen atoms in total. The molecule has 28 heavy (non-hydrogen) atoms. The van der Waals surface area contributed by atoms with E-state index in [0.29, 0.717) is 39.4 Å². The molecule has 0 spiro atoms. The molecular weight excluding hydrogens is 384 g/mol. The van der Waals surface area contributed by atoms with Crippen molar-refractivity contribution in [3.63, 3.8) is 0 Å². The summed E-state index contributed by atoms with van der Waals surface area (Å²) in [6.07, 6.45) is 2.16. The first-order valence-corrected chi connectivity index (χ1v) is 11.0. The highest BCUT2D eigenvalue weighted by Gasteiger charge is 2.28. The number of piperidine rings is 1. The van der Waals surface area contributed by atoms with Crippen LogP contribution in [0.25, 0.3) is 0 Å². The van der Waals surface area contributed by atoms with Crippen LogP contribution in [0.2, 0.25) is 0 Å². The molecule has 0 N–H and O–H groups in total. The van der Waals surface area contributed by atoms with Crippen molar-refractivity contribution in [3.8, 4) is 0 Å². The van der Waals surface area contributed by atoms with Gasteiger partial charge in [0.1, 0.15) is 0 Å². The maximum absolute atomic E-state index is 12.6. The fourth-order valence-electron chi connectivity index (χ4n) is 3.35. The molecule has 0 aliphatic carbocycles. The Morgan fingerprint density at radius 3 is 2.21 bits per heavy atom. The molecule has 1 aromatic rings. The van der Waals surface area contributed by atoms with Crippen molar-refractivity contribution in [1.29, 1.82) is 0 Å². The molecule has 2 heterocycles. The van der Waals surface area contributed by atoms with Gasteiger partial charge in [0.25, 0.3) is 5.91 Å². The van der Waals surface area contributed by atoms with Gasteiger partial charge in [0.05, 0.1) is 23.7 Å². The molecule has 1 aromatic carbocycles. The zero-order chi connectivity index (χ0) is 20.1. The number of carbonyl (C=O) groups excluding carboxylic acids is 2. The Morgan fingerprint density at radius 1 is 1.00 bits per heavy atom. The fraction of sp³-hybridized carbons (Fsp3) is 0.579. The van der Waals surface area contributed by atoms with Crippen LogP contribution in [-0.4, -0.2) is 75.0 Å². The van der Waals surface area contributed by atoms with Gasteiger partial charge >= 0.3 is 5.97 Å². The number of ether oxygens (including phenoxy) is 2. The normalized spacial score (nSPS) is 19.8. The van der Waals surface area contributed by atoms with Gasteiger partial charge < -0.3 is 14.4 Å². The van der Waals surface area contributed by atoms with Gasteiger partial charge in [0, 0.05) is 26.2 Å². The van der Waals surface area contributed by atoms with E-state index in [9.17, 15) is 18.0 Å². The minimum Gasteiger partial charge on any atom is -0.449 e. The van der Waals surface area contributed by atoms with Crippen molar-refractivity contribution in [1.82, 2.24) is 9.21 Å². The van der Waals surface area contributed by atoms with Crippen LogP contribution in [0.4, 0.5) is 0 Å². The number of sulfonamides is 1. The van der Waals surface area contributed by atoms with Crippen LogP contribution in [0.3, 0.4) is 0 Å². The van der Waals surface area contributed by atoms with Gasteiger partial charge in [-0.3, -0.25) is 4.79 Å². The molecule has 0 aromatic heterocycles. The lowest BCUT2D eigenvalue weighted by Gasteiger charge is -2.29. The van der Waals surface area contributed by atoms with E-state index in [-0.39, 0.29) is 16.4 Å². The third-order valence-corrected chi connectivity index (χ3v) is 6.91. The molecule has 154 valence electrons. The maximum atomic E-state index is 12.6. The summed E-state index contributed by atoms with van der Waals surface area (Å²) in [7, 11) is -3.62. The standard InChI is InChI=1S/C19H26N2O6S/c1-15(18(22)20-9-3-2-4-10-20)27-19(23)16-5-7-17(8-6-16)28(24,25)21-11-13-26-14-12-21/h5-8,15H,2-4,9-14H2,1H3/t15-/m0/s1. The first-order valence-electron chi connectivity index (χ1n) is 9.57. The number of amides is 1. The number of esters is 1. The van der Waals surface area contributed by atoms with E-state index in [1.165, 1.54) is 28.6 Å². The van der Waals surface area contributed by atoms with Crippen molar-refractivity contribution in [3.05, 3.63) is 29.8 Å².